The van der Waals surface area contributed by atoms with E-state index >= 15 is 0 Å². The molecule has 1 aliphatic heterocycles. The number of hydrogen-bond donors (Lipinski definition) is 1. The van der Waals surface area contributed by atoms with Gasteiger partial charge in [0, 0.05) is 18.2 Å². The molecule has 1 unspecified atom stereocenters. The molecule has 1 atom stereocenters. The Morgan fingerprint density at radius 2 is 2.38 bits per heavy atom. The van der Waals surface area contributed by atoms with Gasteiger partial charge in [-0.1, -0.05) is 23.7 Å². The molecule has 2 rings (SSSR count). The molecule has 1 aromatic carbocycles. The zero-order chi connectivity index (χ0) is 11.4. The van der Waals surface area contributed by atoms with Crippen LogP contribution >= 0.6 is 11.6 Å². The Balaban J connectivity index is 2.16. The van der Waals surface area contributed by atoms with E-state index in [1.54, 1.807) is 7.11 Å². The lowest BCUT2D eigenvalue weighted by atomic mass is 9.99. The zero-order valence-corrected chi connectivity index (χ0v) is 10.4. The highest BCUT2D eigenvalue weighted by Gasteiger charge is 2.17. The molecule has 3 heteroatoms. The summed E-state index contributed by atoms with van der Waals surface area (Å²) in [6, 6.07) is 6.63. The Morgan fingerprint density at radius 3 is 3.06 bits per heavy atom. The van der Waals surface area contributed by atoms with Gasteiger partial charge in [0.1, 0.15) is 0 Å². The van der Waals surface area contributed by atoms with E-state index in [9.17, 15) is 0 Å². The first kappa shape index (κ1) is 11.9. The molecule has 88 valence electrons. The van der Waals surface area contributed by atoms with Crippen LogP contribution in [0.25, 0.3) is 0 Å². The molecule has 0 amide bonds. The van der Waals surface area contributed by atoms with Crippen molar-refractivity contribution in [3.8, 4) is 0 Å². The van der Waals surface area contributed by atoms with Crippen molar-refractivity contribution >= 4 is 11.6 Å². The monoisotopic (exact) mass is 239 g/mol. The Morgan fingerprint density at radius 1 is 1.50 bits per heavy atom. The van der Waals surface area contributed by atoms with E-state index in [4.69, 9.17) is 16.3 Å². The summed E-state index contributed by atoms with van der Waals surface area (Å²) in [5.41, 5.74) is 2.45. The van der Waals surface area contributed by atoms with Crippen LogP contribution in [-0.2, 0) is 17.8 Å². The fourth-order valence-electron chi connectivity index (χ4n) is 2.30. The summed E-state index contributed by atoms with van der Waals surface area (Å²) in [6.07, 6.45) is 3.53. The fourth-order valence-corrected chi connectivity index (χ4v) is 2.57. The lowest BCUT2D eigenvalue weighted by Crippen LogP contribution is -2.24. The molecule has 0 aromatic heterocycles. The van der Waals surface area contributed by atoms with E-state index in [2.05, 4.69) is 11.4 Å². The molecule has 1 N–H and O–H groups in total. The third-order valence-electron chi connectivity index (χ3n) is 3.13. The lowest BCUT2D eigenvalue weighted by Gasteiger charge is -2.15. The number of benzene rings is 1. The Labute approximate surface area is 102 Å². The van der Waals surface area contributed by atoms with Crippen LogP contribution in [0.2, 0.25) is 5.02 Å². The maximum atomic E-state index is 6.26. The predicted octanol–water partition coefficient (Wildman–Crippen LogP) is 2.78. The number of halogens is 1. The SMILES string of the molecule is COCc1cccc(Cl)c1CC1CCCN1. The highest BCUT2D eigenvalue weighted by atomic mass is 35.5. The highest BCUT2D eigenvalue weighted by Crippen LogP contribution is 2.24. The van der Waals surface area contributed by atoms with Gasteiger partial charge < -0.3 is 10.1 Å². The van der Waals surface area contributed by atoms with Crippen molar-refractivity contribution in [1.29, 1.82) is 0 Å². The molecular weight excluding hydrogens is 222 g/mol. The summed E-state index contributed by atoms with van der Waals surface area (Å²) in [4.78, 5) is 0. The fraction of sp³-hybridized carbons (Fsp3) is 0.538. The van der Waals surface area contributed by atoms with Crippen LogP contribution in [0.3, 0.4) is 0 Å². The molecule has 2 nitrogen and oxygen atoms in total. The second kappa shape index (κ2) is 5.67. The molecule has 0 saturated carbocycles. The normalized spacial score (nSPS) is 20.2. The van der Waals surface area contributed by atoms with E-state index in [1.807, 2.05) is 12.1 Å². The smallest absolute Gasteiger partial charge is 0.0716 e. The lowest BCUT2D eigenvalue weighted by molar-refractivity contribution is 0.184. The van der Waals surface area contributed by atoms with Gasteiger partial charge in [-0.3, -0.25) is 0 Å². The third kappa shape index (κ3) is 2.76. The molecule has 1 fully saturated rings. The Bertz CT molecular complexity index is 348. The Kier molecular flexibility index (Phi) is 4.22. The van der Waals surface area contributed by atoms with Crippen LogP contribution in [0.5, 0.6) is 0 Å². The van der Waals surface area contributed by atoms with Gasteiger partial charge in [-0.15, -0.1) is 0 Å². The minimum absolute atomic E-state index is 0.579. The van der Waals surface area contributed by atoms with Gasteiger partial charge in [-0.25, -0.2) is 0 Å². The van der Waals surface area contributed by atoms with Gasteiger partial charge in [-0.05, 0) is 43.0 Å². The first-order valence-corrected chi connectivity index (χ1v) is 6.17. The van der Waals surface area contributed by atoms with Crippen LogP contribution in [-0.4, -0.2) is 19.7 Å². The first-order valence-electron chi connectivity index (χ1n) is 5.80. The van der Waals surface area contributed by atoms with Crippen molar-refractivity contribution in [3.63, 3.8) is 0 Å². The number of hydrogen-bond acceptors (Lipinski definition) is 2. The molecule has 0 bridgehead atoms. The number of nitrogens with one attached hydrogen (secondary N) is 1. The molecule has 1 saturated heterocycles. The van der Waals surface area contributed by atoms with Crippen molar-refractivity contribution in [2.75, 3.05) is 13.7 Å². The van der Waals surface area contributed by atoms with Gasteiger partial charge in [0.25, 0.3) is 0 Å². The van der Waals surface area contributed by atoms with E-state index in [0.717, 1.165) is 18.0 Å². The molecule has 1 heterocycles. The van der Waals surface area contributed by atoms with Crippen molar-refractivity contribution in [2.24, 2.45) is 0 Å². The van der Waals surface area contributed by atoms with E-state index in [1.165, 1.54) is 24.0 Å². The number of rotatable bonds is 4. The summed E-state index contributed by atoms with van der Waals surface area (Å²) in [7, 11) is 1.72. The zero-order valence-electron chi connectivity index (χ0n) is 9.63. The van der Waals surface area contributed by atoms with Gasteiger partial charge in [0.15, 0.2) is 0 Å². The van der Waals surface area contributed by atoms with Crippen LogP contribution < -0.4 is 5.32 Å². The minimum atomic E-state index is 0.579. The van der Waals surface area contributed by atoms with Crippen molar-refractivity contribution in [2.45, 2.75) is 31.9 Å². The summed E-state index contributed by atoms with van der Waals surface area (Å²) < 4.78 is 5.21. The van der Waals surface area contributed by atoms with Crippen molar-refractivity contribution in [3.05, 3.63) is 34.3 Å². The maximum absolute atomic E-state index is 6.26. The van der Waals surface area contributed by atoms with Crippen LogP contribution in [0.1, 0.15) is 24.0 Å². The van der Waals surface area contributed by atoms with E-state index in [-0.39, 0.29) is 0 Å². The van der Waals surface area contributed by atoms with E-state index in [0.29, 0.717) is 12.6 Å². The summed E-state index contributed by atoms with van der Waals surface area (Å²) in [5, 5.41) is 4.37. The standard InChI is InChI=1S/C13H18ClNO/c1-16-9-10-4-2-6-13(14)12(10)8-11-5-3-7-15-11/h2,4,6,11,15H,3,5,7-9H2,1H3. The minimum Gasteiger partial charge on any atom is -0.380 e. The predicted molar refractivity (Wildman–Crippen MR) is 66.9 cm³/mol. The Hall–Kier alpha value is -0.570. The molecular formula is C13H18ClNO. The molecule has 1 aliphatic rings. The molecule has 0 aliphatic carbocycles. The number of ether oxygens (including phenoxy) is 1. The van der Waals surface area contributed by atoms with Crippen molar-refractivity contribution in [1.82, 2.24) is 5.32 Å². The highest BCUT2D eigenvalue weighted by molar-refractivity contribution is 6.31. The molecule has 0 spiro atoms. The largest absolute Gasteiger partial charge is 0.380 e. The summed E-state index contributed by atoms with van der Waals surface area (Å²) in [5.74, 6) is 0. The van der Waals surface area contributed by atoms with Gasteiger partial charge in [0.05, 0.1) is 6.61 Å². The van der Waals surface area contributed by atoms with Crippen LogP contribution in [0.15, 0.2) is 18.2 Å². The number of methoxy groups -OCH3 is 1. The topological polar surface area (TPSA) is 21.3 Å². The molecule has 16 heavy (non-hydrogen) atoms. The summed E-state index contributed by atoms with van der Waals surface area (Å²) >= 11 is 6.26. The summed E-state index contributed by atoms with van der Waals surface area (Å²) in [6.45, 7) is 1.78. The van der Waals surface area contributed by atoms with Crippen LogP contribution in [0.4, 0.5) is 0 Å². The average molecular weight is 240 g/mol. The van der Waals surface area contributed by atoms with Crippen molar-refractivity contribution < 1.29 is 4.74 Å². The third-order valence-corrected chi connectivity index (χ3v) is 3.48. The van der Waals surface area contributed by atoms with Gasteiger partial charge in [-0.2, -0.15) is 0 Å². The molecule has 1 aromatic rings. The van der Waals surface area contributed by atoms with Gasteiger partial charge in [0.2, 0.25) is 0 Å². The van der Waals surface area contributed by atoms with Gasteiger partial charge >= 0.3 is 0 Å². The molecule has 0 radical (unpaired) electrons. The van der Waals surface area contributed by atoms with Crippen LogP contribution in [0, 0.1) is 0 Å². The maximum Gasteiger partial charge on any atom is 0.0716 e. The average Bonchev–Trinajstić information content (AvgIpc) is 2.76. The van der Waals surface area contributed by atoms with E-state index < -0.39 is 0 Å². The second-order valence-electron chi connectivity index (χ2n) is 4.31. The quantitative estimate of drug-likeness (QED) is 0.873. The second-order valence-corrected chi connectivity index (χ2v) is 4.72. The first-order chi connectivity index (χ1) is 7.81.